The van der Waals surface area contributed by atoms with Gasteiger partial charge < -0.3 is 15.4 Å². The highest BCUT2D eigenvalue weighted by atomic mass is 35.5. The van der Waals surface area contributed by atoms with E-state index in [1.165, 1.54) is 7.11 Å². The van der Waals surface area contributed by atoms with Crippen LogP contribution in [-0.4, -0.2) is 25.0 Å². The number of amides is 2. The van der Waals surface area contributed by atoms with E-state index >= 15 is 0 Å². The van der Waals surface area contributed by atoms with Crippen molar-refractivity contribution in [2.24, 2.45) is 5.92 Å². The first kappa shape index (κ1) is 18.8. The van der Waals surface area contributed by atoms with Crippen LogP contribution in [-0.2, 0) is 4.79 Å². The molecule has 0 aliphatic carbocycles. The van der Waals surface area contributed by atoms with Crippen LogP contribution in [0, 0.1) is 5.92 Å². The average Bonchev–Trinajstić information content (AvgIpc) is 2.60. The zero-order valence-corrected chi connectivity index (χ0v) is 15.1. The zero-order chi connectivity index (χ0) is 18.4. The van der Waals surface area contributed by atoms with Gasteiger partial charge in [-0.05, 0) is 36.2 Å². The van der Waals surface area contributed by atoms with Gasteiger partial charge in [0.05, 0.1) is 12.1 Å². The normalized spacial score (nSPS) is 11.7. The number of benzene rings is 2. The molecule has 0 radical (unpaired) electrons. The van der Waals surface area contributed by atoms with Crippen LogP contribution in [0.2, 0.25) is 5.02 Å². The van der Waals surface area contributed by atoms with Crippen LogP contribution in [0.3, 0.4) is 0 Å². The van der Waals surface area contributed by atoms with Crippen molar-refractivity contribution in [1.29, 1.82) is 0 Å². The Bertz CT molecular complexity index is 748. The van der Waals surface area contributed by atoms with Crippen molar-refractivity contribution in [3.63, 3.8) is 0 Å². The van der Waals surface area contributed by atoms with Gasteiger partial charge in [-0.15, -0.1) is 0 Å². The molecular formula is C19H21ClN2O3. The summed E-state index contributed by atoms with van der Waals surface area (Å²) in [4.78, 5) is 24.9. The second kappa shape index (κ2) is 8.53. The van der Waals surface area contributed by atoms with E-state index in [0.717, 1.165) is 0 Å². The third-order valence-electron chi connectivity index (χ3n) is 3.69. The summed E-state index contributed by atoms with van der Waals surface area (Å²) in [5.74, 6) is -0.151. The fourth-order valence-corrected chi connectivity index (χ4v) is 2.57. The molecule has 0 spiro atoms. The molecular weight excluding hydrogens is 340 g/mol. The first-order valence-corrected chi connectivity index (χ1v) is 8.30. The maximum absolute atomic E-state index is 12.6. The number of ether oxygens (including phenoxy) is 1. The number of carbonyl (C=O) groups is 2. The lowest BCUT2D eigenvalue weighted by atomic mass is 10.0. The van der Waals surface area contributed by atoms with Crippen LogP contribution in [0.4, 0.5) is 5.69 Å². The van der Waals surface area contributed by atoms with Gasteiger partial charge in [-0.3, -0.25) is 9.59 Å². The second-order valence-corrected chi connectivity index (χ2v) is 6.31. The van der Waals surface area contributed by atoms with Gasteiger partial charge >= 0.3 is 0 Å². The fraction of sp³-hybridized carbons (Fsp3) is 0.263. The lowest BCUT2D eigenvalue weighted by Crippen LogP contribution is -2.47. The topological polar surface area (TPSA) is 67.4 Å². The van der Waals surface area contributed by atoms with Crippen LogP contribution in [0.1, 0.15) is 24.2 Å². The number of nitrogens with one attached hydrogen (secondary N) is 2. The second-order valence-electron chi connectivity index (χ2n) is 5.90. The molecule has 2 N–H and O–H groups in total. The van der Waals surface area contributed by atoms with E-state index in [2.05, 4.69) is 10.6 Å². The first-order valence-electron chi connectivity index (χ1n) is 7.92. The number of hydrogen-bond donors (Lipinski definition) is 2. The molecule has 2 amide bonds. The molecule has 0 aliphatic rings. The summed E-state index contributed by atoms with van der Waals surface area (Å²) in [6.45, 7) is 3.74. The van der Waals surface area contributed by atoms with Gasteiger partial charge in [0, 0.05) is 11.3 Å². The molecule has 0 bridgehead atoms. The maximum atomic E-state index is 12.6. The maximum Gasteiger partial charge on any atom is 0.251 e. The van der Waals surface area contributed by atoms with Gasteiger partial charge in [0.2, 0.25) is 5.91 Å². The summed E-state index contributed by atoms with van der Waals surface area (Å²) < 4.78 is 5.09. The van der Waals surface area contributed by atoms with Crippen LogP contribution >= 0.6 is 11.6 Å². The third kappa shape index (κ3) is 4.97. The Balaban J connectivity index is 2.10. The summed E-state index contributed by atoms with van der Waals surface area (Å²) in [6, 6.07) is 13.1. The van der Waals surface area contributed by atoms with Crippen molar-refractivity contribution in [2.75, 3.05) is 12.4 Å². The summed E-state index contributed by atoms with van der Waals surface area (Å²) in [5.41, 5.74) is 1.05. The molecule has 1 unspecified atom stereocenters. The van der Waals surface area contributed by atoms with Crippen molar-refractivity contribution in [2.45, 2.75) is 19.9 Å². The molecule has 2 aromatic carbocycles. The molecule has 0 aromatic heterocycles. The molecule has 2 rings (SSSR count). The van der Waals surface area contributed by atoms with Crippen LogP contribution in [0.25, 0.3) is 0 Å². The minimum Gasteiger partial charge on any atom is -0.495 e. The number of hydrogen-bond acceptors (Lipinski definition) is 3. The van der Waals surface area contributed by atoms with Crippen LogP contribution < -0.4 is 15.4 Å². The van der Waals surface area contributed by atoms with E-state index in [1.54, 1.807) is 42.5 Å². The quantitative estimate of drug-likeness (QED) is 0.824. The van der Waals surface area contributed by atoms with E-state index < -0.39 is 6.04 Å². The Labute approximate surface area is 152 Å². The number of rotatable bonds is 6. The Morgan fingerprint density at radius 3 is 2.32 bits per heavy atom. The first-order chi connectivity index (χ1) is 11.9. The largest absolute Gasteiger partial charge is 0.495 e. The highest BCUT2D eigenvalue weighted by Gasteiger charge is 2.25. The fourth-order valence-electron chi connectivity index (χ4n) is 2.31. The van der Waals surface area contributed by atoms with Gasteiger partial charge in [-0.25, -0.2) is 0 Å². The molecule has 0 heterocycles. The predicted octanol–water partition coefficient (Wildman–Crippen LogP) is 3.74. The van der Waals surface area contributed by atoms with Crippen LogP contribution in [0.5, 0.6) is 5.75 Å². The van der Waals surface area contributed by atoms with E-state index in [1.807, 2.05) is 19.9 Å². The minimum absolute atomic E-state index is 0.0821. The van der Waals surface area contributed by atoms with Crippen molar-refractivity contribution < 1.29 is 14.3 Å². The molecule has 0 fully saturated rings. The van der Waals surface area contributed by atoms with Gasteiger partial charge in [0.15, 0.2) is 0 Å². The standard InChI is InChI=1S/C19H21ClN2O3/c1-12(2)17(22-18(23)13-7-5-4-6-8-13)19(24)21-14-9-10-16(25-3)15(20)11-14/h4-12,17H,1-3H3,(H,21,24)(H,22,23). The molecule has 2 aromatic rings. The molecule has 5 nitrogen and oxygen atoms in total. The summed E-state index contributed by atoms with van der Waals surface area (Å²) in [6.07, 6.45) is 0. The molecule has 1 atom stereocenters. The predicted molar refractivity (Wildman–Crippen MR) is 99.2 cm³/mol. The van der Waals surface area contributed by atoms with Crippen LogP contribution in [0.15, 0.2) is 48.5 Å². The number of halogens is 1. The van der Waals surface area contributed by atoms with Gasteiger partial charge in [-0.2, -0.15) is 0 Å². The monoisotopic (exact) mass is 360 g/mol. The molecule has 0 saturated heterocycles. The molecule has 6 heteroatoms. The molecule has 0 saturated carbocycles. The number of anilines is 1. The highest BCUT2D eigenvalue weighted by Crippen LogP contribution is 2.27. The third-order valence-corrected chi connectivity index (χ3v) is 3.99. The van der Waals surface area contributed by atoms with Gasteiger partial charge in [-0.1, -0.05) is 43.6 Å². The van der Waals surface area contributed by atoms with Gasteiger partial charge in [0.25, 0.3) is 5.91 Å². The zero-order valence-electron chi connectivity index (χ0n) is 14.4. The Morgan fingerprint density at radius 1 is 1.08 bits per heavy atom. The van der Waals surface area contributed by atoms with Crippen molar-refractivity contribution in [3.05, 3.63) is 59.1 Å². The summed E-state index contributed by atoms with van der Waals surface area (Å²) in [5, 5.41) is 5.96. The van der Waals surface area contributed by atoms with E-state index in [-0.39, 0.29) is 17.7 Å². The Kier molecular flexibility index (Phi) is 6.42. The number of carbonyl (C=O) groups excluding carboxylic acids is 2. The summed E-state index contributed by atoms with van der Waals surface area (Å²) in [7, 11) is 1.52. The highest BCUT2D eigenvalue weighted by molar-refractivity contribution is 6.32. The van der Waals surface area contributed by atoms with E-state index in [9.17, 15) is 9.59 Å². The van der Waals surface area contributed by atoms with E-state index in [0.29, 0.717) is 22.0 Å². The minimum atomic E-state index is -0.673. The van der Waals surface area contributed by atoms with E-state index in [4.69, 9.17) is 16.3 Å². The lowest BCUT2D eigenvalue weighted by molar-refractivity contribution is -0.118. The molecule has 0 aliphatic heterocycles. The molecule has 132 valence electrons. The van der Waals surface area contributed by atoms with Crippen molar-refractivity contribution in [3.8, 4) is 5.75 Å². The summed E-state index contributed by atoms with van der Waals surface area (Å²) >= 11 is 6.07. The Hall–Kier alpha value is -2.53. The smallest absolute Gasteiger partial charge is 0.251 e. The SMILES string of the molecule is COc1ccc(NC(=O)C(NC(=O)c2ccccc2)C(C)C)cc1Cl. The average molecular weight is 361 g/mol. The molecule has 25 heavy (non-hydrogen) atoms. The van der Waals surface area contributed by atoms with Gasteiger partial charge in [0.1, 0.15) is 11.8 Å². The Morgan fingerprint density at radius 2 is 1.76 bits per heavy atom. The lowest BCUT2D eigenvalue weighted by Gasteiger charge is -2.22. The number of methoxy groups -OCH3 is 1. The van der Waals surface area contributed by atoms with Crippen molar-refractivity contribution in [1.82, 2.24) is 5.32 Å². The van der Waals surface area contributed by atoms with Crippen molar-refractivity contribution >= 4 is 29.1 Å².